The number of carbonyl (C=O) groups excluding carboxylic acids is 1. The molecule has 0 aliphatic carbocycles. The number of sulfone groups is 1. The third-order valence-corrected chi connectivity index (χ3v) is 4.79. The van der Waals surface area contributed by atoms with E-state index in [1.807, 2.05) is 0 Å². The van der Waals surface area contributed by atoms with Crippen molar-refractivity contribution in [1.29, 1.82) is 0 Å². The molecule has 0 radical (unpaired) electrons. The lowest BCUT2D eigenvalue weighted by Gasteiger charge is -2.47. The van der Waals surface area contributed by atoms with Crippen LogP contribution in [0.4, 0.5) is 0 Å². The molecule has 8 heteroatoms. The van der Waals surface area contributed by atoms with Crippen molar-refractivity contribution in [3.63, 3.8) is 0 Å². The summed E-state index contributed by atoms with van der Waals surface area (Å²) in [7, 11) is -3.56. The molecule has 1 fully saturated rings. The van der Waals surface area contributed by atoms with E-state index in [1.54, 1.807) is 0 Å². The number of nitrogens with two attached hydrogens (primary N) is 1. The Morgan fingerprint density at radius 2 is 2.12 bits per heavy atom. The third-order valence-electron chi connectivity index (χ3n) is 2.72. The Labute approximate surface area is 91.4 Å². The molecule has 2 rings (SSSR count). The third kappa shape index (κ3) is 1.20. The molecule has 2 heterocycles. The van der Waals surface area contributed by atoms with E-state index in [0.717, 1.165) is 4.90 Å². The van der Waals surface area contributed by atoms with Gasteiger partial charge in [0.1, 0.15) is 11.7 Å². The summed E-state index contributed by atoms with van der Waals surface area (Å²) >= 11 is 0. The van der Waals surface area contributed by atoms with Crippen LogP contribution in [0.1, 0.15) is 6.92 Å². The molecule has 2 aliphatic heterocycles. The van der Waals surface area contributed by atoms with E-state index in [1.165, 1.54) is 6.92 Å². The van der Waals surface area contributed by atoms with Crippen molar-refractivity contribution < 1.29 is 23.1 Å². The number of nitrogens with zero attached hydrogens (tertiary/aromatic N) is 1. The number of amides is 1. The van der Waals surface area contributed by atoms with Crippen molar-refractivity contribution in [3.8, 4) is 0 Å². The van der Waals surface area contributed by atoms with Crippen LogP contribution in [0.25, 0.3) is 0 Å². The minimum absolute atomic E-state index is 0.156. The second kappa shape index (κ2) is 3.05. The fraction of sp³-hybridized carbons (Fsp3) is 0.500. The molecule has 1 unspecified atom stereocenters. The number of β-lactam (4-membered cyclic amide) rings is 1. The summed E-state index contributed by atoms with van der Waals surface area (Å²) < 4.78 is 23.4. The van der Waals surface area contributed by atoms with Gasteiger partial charge in [0.2, 0.25) is 5.91 Å². The lowest BCUT2D eigenvalue weighted by Crippen LogP contribution is -2.73. The first-order valence-corrected chi connectivity index (χ1v) is 6.22. The van der Waals surface area contributed by atoms with E-state index >= 15 is 0 Å². The van der Waals surface area contributed by atoms with Crippen molar-refractivity contribution in [2.24, 2.45) is 5.73 Å². The van der Waals surface area contributed by atoms with Crippen LogP contribution >= 0.6 is 0 Å². The maximum absolute atomic E-state index is 11.7. The number of aliphatic carboxylic acids is 1. The van der Waals surface area contributed by atoms with Crippen molar-refractivity contribution in [1.82, 2.24) is 4.90 Å². The van der Waals surface area contributed by atoms with Crippen molar-refractivity contribution in [2.75, 3.05) is 5.75 Å². The molecule has 0 aromatic heterocycles. The van der Waals surface area contributed by atoms with E-state index in [-0.39, 0.29) is 17.0 Å². The molecule has 2 atom stereocenters. The monoisotopic (exact) mass is 246 g/mol. The van der Waals surface area contributed by atoms with E-state index < -0.39 is 33.1 Å². The second-order valence-electron chi connectivity index (χ2n) is 3.87. The van der Waals surface area contributed by atoms with Crippen LogP contribution in [0.5, 0.6) is 0 Å². The van der Waals surface area contributed by atoms with Gasteiger partial charge in [0.05, 0.1) is 5.75 Å². The predicted molar refractivity (Wildman–Crippen MR) is 52.7 cm³/mol. The van der Waals surface area contributed by atoms with E-state index in [0.29, 0.717) is 0 Å². The van der Waals surface area contributed by atoms with Crippen LogP contribution in [0.15, 0.2) is 11.3 Å². The molecule has 0 saturated carbocycles. The number of carboxylic acids is 1. The summed E-state index contributed by atoms with van der Waals surface area (Å²) in [5.74, 6) is -2.33. The van der Waals surface area contributed by atoms with Gasteiger partial charge in [0, 0.05) is 0 Å². The number of carboxylic acid groups (broad SMARTS) is 1. The Kier molecular flexibility index (Phi) is 2.11. The normalized spacial score (nSPS) is 32.1. The van der Waals surface area contributed by atoms with Gasteiger partial charge >= 0.3 is 5.97 Å². The van der Waals surface area contributed by atoms with Gasteiger partial charge < -0.3 is 10.8 Å². The Bertz CT molecular complexity index is 521. The Hall–Kier alpha value is -1.41. The molecule has 0 aromatic rings. The summed E-state index contributed by atoms with van der Waals surface area (Å²) in [6, 6.07) is -1.15. The van der Waals surface area contributed by atoms with Gasteiger partial charge in [-0.05, 0) is 12.5 Å². The first kappa shape index (κ1) is 11.1. The summed E-state index contributed by atoms with van der Waals surface area (Å²) in [6.45, 7) is 1.38. The Morgan fingerprint density at radius 3 is 2.62 bits per heavy atom. The highest BCUT2D eigenvalue weighted by atomic mass is 32.2. The molecule has 7 nitrogen and oxygen atoms in total. The molecule has 16 heavy (non-hydrogen) atoms. The maximum Gasteiger partial charge on any atom is 0.352 e. The highest BCUT2D eigenvalue weighted by molar-refractivity contribution is 7.92. The van der Waals surface area contributed by atoms with Crippen LogP contribution in [0.2, 0.25) is 0 Å². The van der Waals surface area contributed by atoms with Crippen LogP contribution in [-0.4, -0.2) is 47.5 Å². The predicted octanol–water partition coefficient (Wildman–Crippen LogP) is -1.73. The first-order valence-electron chi connectivity index (χ1n) is 4.50. The lowest BCUT2D eigenvalue weighted by atomic mass is 10.0. The zero-order valence-corrected chi connectivity index (χ0v) is 9.19. The molecule has 0 spiro atoms. The van der Waals surface area contributed by atoms with Crippen LogP contribution in [0.3, 0.4) is 0 Å². The van der Waals surface area contributed by atoms with E-state index in [4.69, 9.17) is 10.8 Å². The summed E-state index contributed by atoms with van der Waals surface area (Å²) in [5, 5.41) is 7.70. The van der Waals surface area contributed by atoms with Gasteiger partial charge in [-0.1, -0.05) is 0 Å². The first-order chi connectivity index (χ1) is 7.27. The molecule has 3 N–H and O–H groups in total. The number of carbonyl (C=O) groups is 2. The average molecular weight is 246 g/mol. The van der Waals surface area contributed by atoms with Crippen molar-refractivity contribution in [2.45, 2.75) is 18.3 Å². The summed E-state index contributed by atoms with van der Waals surface area (Å²) in [5.41, 5.74) is 5.27. The molecule has 1 saturated heterocycles. The largest absolute Gasteiger partial charge is 0.477 e. The number of hydrogen-bond donors (Lipinski definition) is 2. The highest BCUT2D eigenvalue weighted by Crippen LogP contribution is 2.35. The van der Waals surface area contributed by atoms with Gasteiger partial charge in [-0.2, -0.15) is 0 Å². The minimum atomic E-state index is -3.56. The molecule has 1 amide bonds. The number of fused-ring (bicyclic) bond motifs is 1. The van der Waals surface area contributed by atoms with Gasteiger partial charge in [-0.15, -0.1) is 0 Å². The minimum Gasteiger partial charge on any atom is -0.477 e. The molecule has 0 aromatic carbocycles. The maximum atomic E-state index is 11.7. The smallest absolute Gasteiger partial charge is 0.352 e. The van der Waals surface area contributed by atoms with Gasteiger partial charge in [0.15, 0.2) is 15.2 Å². The van der Waals surface area contributed by atoms with E-state index in [2.05, 4.69) is 0 Å². The molecule has 2 aliphatic rings. The molecular formula is C8H10N2O5S. The summed E-state index contributed by atoms with van der Waals surface area (Å²) in [4.78, 5) is 23.1. The van der Waals surface area contributed by atoms with Crippen LogP contribution in [-0.2, 0) is 19.4 Å². The molecular weight excluding hydrogens is 236 g/mol. The zero-order valence-electron chi connectivity index (χ0n) is 8.37. The second-order valence-corrected chi connectivity index (χ2v) is 5.96. The van der Waals surface area contributed by atoms with Gasteiger partial charge in [-0.3, -0.25) is 9.69 Å². The lowest BCUT2D eigenvalue weighted by molar-refractivity contribution is -0.148. The zero-order chi connectivity index (χ0) is 12.2. The summed E-state index contributed by atoms with van der Waals surface area (Å²) in [6.07, 6.45) is 0. The fourth-order valence-electron chi connectivity index (χ4n) is 2.05. The standard InChI is InChI=1S/C8H10N2O5S/c1-3-2-16(14,15)7-4(9)6(11)10(7)5(3)8(12)13/h4,7H,2,9H2,1H3,(H,12,13)/t4-,7?/m0/s1. The van der Waals surface area contributed by atoms with Crippen molar-refractivity contribution in [3.05, 3.63) is 11.3 Å². The van der Waals surface area contributed by atoms with Gasteiger partial charge in [0.25, 0.3) is 0 Å². The Balaban J connectivity index is 2.58. The van der Waals surface area contributed by atoms with Crippen LogP contribution in [0, 0.1) is 0 Å². The number of rotatable bonds is 1. The average Bonchev–Trinajstić information content (AvgIpc) is 2.13. The topological polar surface area (TPSA) is 118 Å². The van der Waals surface area contributed by atoms with E-state index in [9.17, 15) is 18.0 Å². The Morgan fingerprint density at radius 1 is 1.56 bits per heavy atom. The SMILES string of the molecule is CC1=C(C(=O)O)N2C(=O)[C@H](N)C2S(=O)(=O)C1. The number of hydrogen-bond acceptors (Lipinski definition) is 5. The molecule has 0 bridgehead atoms. The van der Waals surface area contributed by atoms with Crippen molar-refractivity contribution >= 4 is 21.7 Å². The fourth-order valence-corrected chi connectivity index (χ4v) is 4.06. The van der Waals surface area contributed by atoms with Crippen LogP contribution < -0.4 is 5.73 Å². The van der Waals surface area contributed by atoms with Gasteiger partial charge in [-0.25, -0.2) is 13.2 Å². The molecule has 88 valence electrons. The highest BCUT2D eigenvalue weighted by Gasteiger charge is 2.57. The quantitative estimate of drug-likeness (QED) is 0.531.